The van der Waals surface area contributed by atoms with E-state index in [0.717, 1.165) is 0 Å². The van der Waals surface area contributed by atoms with Crippen molar-refractivity contribution in [2.24, 2.45) is 0 Å². The summed E-state index contributed by atoms with van der Waals surface area (Å²) >= 11 is -3.55. The fraction of sp³-hybridized carbons (Fsp3) is 0. The van der Waals surface area contributed by atoms with E-state index in [1.807, 2.05) is 0 Å². The second-order valence-corrected chi connectivity index (χ2v) is 3.10. The highest BCUT2D eigenvalue weighted by molar-refractivity contribution is 5.19. The molecule has 0 saturated heterocycles. The molecule has 0 heterocycles. The highest BCUT2D eigenvalue weighted by Gasteiger charge is 2.12. The molecule has 0 amide bonds. The van der Waals surface area contributed by atoms with Gasteiger partial charge in [-0.25, -0.2) is 0 Å². The van der Waals surface area contributed by atoms with Crippen molar-refractivity contribution in [3.05, 3.63) is 30.3 Å². The fourth-order valence-electron chi connectivity index (χ4n) is 0.545. The van der Waals surface area contributed by atoms with Crippen LogP contribution in [0.2, 0.25) is 0 Å². The number of para-hydroxylation sites is 1. The molecule has 1 aromatic carbocycles. The lowest BCUT2D eigenvalue weighted by Gasteiger charge is -1.91. The van der Waals surface area contributed by atoms with Gasteiger partial charge in [0.15, 0.2) is 0 Å². The Kier molecular flexibility index (Phi) is 2.91. The lowest BCUT2D eigenvalue weighted by Crippen LogP contribution is -4.00. The van der Waals surface area contributed by atoms with Crippen LogP contribution >= 0.6 is 0 Å². The molecule has 1 aromatic rings. The van der Waals surface area contributed by atoms with E-state index in [9.17, 15) is 6.87 Å². The molecule has 1 rings (SSSR count). The van der Waals surface area contributed by atoms with Crippen molar-refractivity contribution in [1.82, 2.24) is 0 Å². The van der Waals surface area contributed by atoms with E-state index in [4.69, 9.17) is 0 Å². The molecule has 10 heavy (non-hydrogen) atoms. The zero-order valence-electron chi connectivity index (χ0n) is 4.99. The van der Waals surface area contributed by atoms with Crippen LogP contribution in [0.1, 0.15) is 0 Å². The lowest BCUT2D eigenvalue weighted by atomic mass is 10.3. The third-order valence-electron chi connectivity index (χ3n) is 0.895. The van der Waals surface area contributed by atoms with Crippen molar-refractivity contribution in [3.8, 4) is 5.75 Å². The Balaban J connectivity index is 2.59. The Morgan fingerprint density at radius 2 is 1.70 bits per heavy atom. The molecule has 0 fully saturated rings. The first-order valence-electron chi connectivity index (χ1n) is 2.58. The minimum absolute atomic E-state index is 0.387. The van der Waals surface area contributed by atoms with Gasteiger partial charge >= 0.3 is 21.1 Å². The summed E-state index contributed by atoms with van der Waals surface area (Å²) in [7, 11) is 0. The zero-order chi connectivity index (χ0) is 7.40. The number of hydrogen-bond acceptors (Lipinski definition) is 3. The van der Waals surface area contributed by atoms with Crippen LogP contribution in [0.15, 0.2) is 30.3 Å². The van der Waals surface area contributed by atoms with Crippen LogP contribution in [0.25, 0.3) is 0 Å². The van der Waals surface area contributed by atoms with E-state index in [0.29, 0.717) is 5.75 Å². The quantitative estimate of drug-likeness (QED) is 0.506. The monoisotopic (exact) mass is 252 g/mol. The molecule has 4 heteroatoms. The van der Waals surface area contributed by atoms with E-state index in [2.05, 4.69) is 3.07 Å². The summed E-state index contributed by atoms with van der Waals surface area (Å²) in [6, 6.07) is 8.42. The van der Waals surface area contributed by atoms with Gasteiger partial charge in [0.1, 0.15) is 0 Å². The smallest absolute Gasteiger partial charge is 0.385 e. The van der Waals surface area contributed by atoms with Crippen LogP contribution in [0.4, 0.5) is 0 Å². The van der Waals surface area contributed by atoms with Gasteiger partial charge in [0, 0.05) is 0 Å². The maximum Gasteiger partial charge on any atom is 0.570 e. The maximum atomic E-state index is 10.1. The van der Waals surface area contributed by atoms with Crippen LogP contribution in [0.5, 0.6) is 5.75 Å². The maximum absolute atomic E-state index is 10.1. The van der Waals surface area contributed by atoms with Crippen molar-refractivity contribution < 1.29 is 31.0 Å². The molecule has 0 spiro atoms. The molecule has 0 unspecified atom stereocenters. The average Bonchev–Trinajstić information content (AvgIpc) is 1.88. The van der Waals surface area contributed by atoms with E-state index in [-0.39, 0.29) is 0 Å². The van der Waals surface area contributed by atoms with Crippen LogP contribution < -0.4 is 31.0 Å². The normalized spacial score (nSPS) is 9.90. The number of benzene rings is 1. The van der Waals surface area contributed by atoms with E-state index in [1.165, 1.54) is 0 Å². The van der Waals surface area contributed by atoms with E-state index >= 15 is 0 Å². The third kappa shape index (κ3) is 2.51. The molecule has 0 N–H and O–H groups in total. The summed E-state index contributed by atoms with van der Waals surface area (Å²) < 4.78 is 24.6. The number of halogens is 1. The summed E-state index contributed by atoms with van der Waals surface area (Å²) in [6.45, 7) is 0. The Morgan fingerprint density at radius 3 is 2.20 bits per heavy atom. The highest BCUT2D eigenvalue weighted by atomic mass is 127. The van der Waals surface area contributed by atoms with Crippen LogP contribution in [-0.2, 0) is 0 Å². The van der Waals surface area contributed by atoms with Crippen molar-refractivity contribution in [1.29, 1.82) is 0 Å². The van der Waals surface area contributed by atoms with E-state index < -0.39 is 21.1 Å². The predicted octanol–water partition coefficient (Wildman–Crippen LogP) is -3.84. The van der Waals surface area contributed by atoms with Gasteiger partial charge in [-0.05, 0) is 12.1 Å². The van der Waals surface area contributed by atoms with Crippen molar-refractivity contribution in [2.45, 2.75) is 0 Å². The Morgan fingerprint density at radius 1 is 1.10 bits per heavy atom. The molecule has 0 aliphatic heterocycles. The standard InChI is InChI=1S/C6H5IO3/c8-7(9)10-6-4-2-1-3-5-6/h1-5H. The first kappa shape index (κ1) is 7.77. The highest BCUT2D eigenvalue weighted by Crippen LogP contribution is 2.03. The van der Waals surface area contributed by atoms with Gasteiger partial charge in [-0.15, -0.1) is 3.07 Å². The van der Waals surface area contributed by atoms with Gasteiger partial charge in [0.2, 0.25) is 5.75 Å². The average molecular weight is 252 g/mol. The Bertz CT molecular complexity index is 187. The van der Waals surface area contributed by atoms with Crippen molar-refractivity contribution in [2.75, 3.05) is 0 Å². The molecule has 0 saturated carbocycles. The lowest BCUT2D eigenvalue weighted by molar-refractivity contribution is -1.62. The molecule has 54 valence electrons. The molecule has 3 nitrogen and oxygen atoms in total. The first-order valence-corrected chi connectivity index (χ1v) is 5.22. The summed E-state index contributed by atoms with van der Waals surface area (Å²) in [6.07, 6.45) is 0. The molecular weight excluding hydrogens is 247 g/mol. The van der Waals surface area contributed by atoms with Crippen LogP contribution in [0.3, 0.4) is 0 Å². The van der Waals surface area contributed by atoms with Crippen LogP contribution in [0, 0.1) is 0 Å². The molecule has 0 atom stereocenters. The summed E-state index contributed by atoms with van der Waals surface area (Å²) in [5.74, 6) is 0.387. The Labute approximate surface area is 67.3 Å². The predicted molar refractivity (Wildman–Crippen MR) is 27.1 cm³/mol. The molecular formula is C6H5IO3. The van der Waals surface area contributed by atoms with Gasteiger partial charge in [-0.2, -0.15) is 0 Å². The minimum Gasteiger partial charge on any atom is -0.385 e. The topological polar surface area (TPSA) is 55.3 Å². The third-order valence-corrected chi connectivity index (χ3v) is 1.76. The molecule has 0 bridgehead atoms. The minimum atomic E-state index is -3.55. The second kappa shape index (κ2) is 3.75. The van der Waals surface area contributed by atoms with Gasteiger partial charge in [-0.3, -0.25) is 0 Å². The summed E-state index contributed by atoms with van der Waals surface area (Å²) in [4.78, 5) is 0. The van der Waals surface area contributed by atoms with Crippen molar-refractivity contribution >= 4 is 0 Å². The van der Waals surface area contributed by atoms with Crippen molar-refractivity contribution in [3.63, 3.8) is 0 Å². The first-order chi connectivity index (χ1) is 4.79. The summed E-state index contributed by atoms with van der Waals surface area (Å²) in [5, 5.41) is 0. The van der Waals surface area contributed by atoms with E-state index in [1.54, 1.807) is 30.3 Å². The molecule has 0 aliphatic carbocycles. The second-order valence-electron chi connectivity index (χ2n) is 1.58. The van der Waals surface area contributed by atoms with Gasteiger partial charge < -0.3 is 6.87 Å². The summed E-state index contributed by atoms with van der Waals surface area (Å²) in [5.41, 5.74) is 0. The van der Waals surface area contributed by atoms with Crippen LogP contribution in [-0.4, -0.2) is 0 Å². The SMILES string of the molecule is [O-][I+2]([O-])Oc1ccccc1. The fourth-order valence-corrected chi connectivity index (χ4v) is 1.25. The molecule has 0 radical (unpaired) electrons. The van der Waals surface area contributed by atoms with Gasteiger partial charge in [0.25, 0.3) is 0 Å². The van der Waals surface area contributed by atoms with Gasteiger partial charge in [0.05, 0.1) is 0 Å². The Hall–Kier alpha value is -0.330. The molecule has 0 aliphatic rings. The number of rotatable bonds is 2. The van der Waals surface area contributed by atoms with Gasteiger partial charge in [-0.1, -0.05) is 18.2 Å². The largest absolute Gasteiger partial charge is 0.570 e. The zero-order valence-corrected chi connectivity index (χ0v) is 7.15. The molecule has 0 aromatic heterocycles. The number of hydrogen-bond donors (Lipinski definition) is 0.